The molecule has 0 atom stereocenters. The van der Waals surface area contributed by atoms with Gasteiger partial charge in [0.1, 0.15) is 11.3 Å². The Morgan fingerprint density at radius 2 is 1.66 bits per heavy atom. The summed E-state index contributed by atoms with van der Waals surface area (Å²) < 4.78 is 5.10. The van der Waals surface area contributed by atoms with Crippen molar-refractivity contribution in [2.24, 2.45) is 0 Å². The molecule has 38 heavy (non-hydrogen) atoms. The summed E-state index contributed by atoms with van der Waals surface area (Å²) in [4.78, 5) is 36.5. The molecule has 0 aliphatic carbocycles. The number of hydrogen-bond acceptors (Lipinski definition) is 7. The Hall–Kier alpha value is -4.53. The molecular weight excluding hydrogens is 480 g/mol. The molecule has 1 aliphatic rings. The van der Waals surface area contributed by atoms with Crippen LogP contribution in [-0.4, -0.2) is 51.0 Å². The van der Waals surface area contributed by atoms with E-state index >= 15 is 0 Å². The van der Waals surface area contributed by atoms with Crippen molar-refractivity contribution in [1.82, 2.24) is 25.3 Å². The van der Waals surface area contributed by atoms with Crippen molar-refractivity contribution in [3.63, 3.8) is 0 Å². The maximum atomic E-state index is 13.1. The number of benzene rings is 2. The van der Waals surface area contributed by atoms with E-state index in [2.05, 4.69) is 44.8 Å². The molecule has 9 heteroatoms. The first-order chi connectivity index (χ1) is 18.4. The highest BCUT2D eigenvalue weighted by molar-refractivity contribution is 5.96. The maximum absolute atomic E-state index is 13.1. The molecule has 0 radical (unpaired) electrons. The van der Waals surface area contributed by atoms with Crippen LogP contribution in [0.5, 0.6) is 0 Å². The normalized spacial score (nSPS) is 13.8. The second-order valence-corrected chi connectivity index (χ2v) is 9.57. The molecule has 2 N–H and O–H groups in total. The summed E-state index contributed by atoms with van der Waals surface area (Å²) >= 11 is 0. The number of nitrogens with zero attached hydrogens (tertiary/aromatic N) is 4. The summed E-state index contributed by atoms with van der Waals surface area (Å²) in [6.07, 6.45) is 3.10. The van der Waals surface area contributed by atoms with Crippen molar-refractivity contribution in [1.29, 1.82) is 0 Å². The van der Waals surface area contributed by atoms with E-state index in [1.165, 1.54) is 5.56 Å². The van der Waals surface area contributed by atoms with E-state index in [0.29, 0.717) is 54.5 Å². The second kappa shape index (κ2) is 10.8. The Morgan fingerprint density at radius 1 is 0.947 bits per heavy atom. The minimum absolute atomic E-state index is 0.00231. The van der Waals surface area contributed by atoms with Crippen molar-refractivity contribution < 1.29 is 14.1 Å². The lowest BCUT2D eigenvalue weighted by molar-refractivity contribution is 0.0698. The van der Waals surface area contributed by atoms with Crippen molar-refractivity contribution in [3.8, 4) is 11.3 Å². The standard InChI is InChI=1S/C29H30N6O3/c1-18-4-6-21(7-5-18)25-12-15-30-29(33-25)32-23-10-8-22(9-11-23)28(37)35-16-13-24(14-17-35)31-27(36)26-19(2)34-38-20(26)3/h4-12,15,24H,13-14,16-17H2,1-3H3,(H,31,36)(H,30,32,33). The van der Waals surface area contributed by atoms with Gasteiger partial charge >= 0.3 is 0 Å². The molecule has 3 heterocycles. The average molecular weight is 511 g/mol. The predicted molar refractivity (Wildman–Crippen MR) is 144 cm³/mol. The highest BCUT2D eigenvalue weighted by Gasteiger charge is 2.26. The number of aromatic nitrogens is 3. The molecule has 4 aromatic rings. The third-order valence-corrected chi connectivity index (χ3v) is 6.77. The van der Waals surface area contributed by atoms with E-state index in [0.717, 1.165) is 16.9 Å². The largest absolute Gasteiger partial charge is 0.361 e. The highest BCUT2D eigenvalue weighted by Crippen LogP contribution is 2.22. The topological polar surface area (TPSA) is 113 Å². The van der Waals surface area contributed by atoms with Crippen LogP contribution >= 0.6 is 0 Å². The minimum atomic E-state index is -0.178. The van der Waals surface area contributed by atoms with Gasteiger partial charge in [-0.25, -0.2) is 9.97 Å². The fourth-order valence-corrected chi connectivity index (χ4v) is 4.60. The van der Waals surface area contributed by atoms with Gasteiger partial charge in [-0.15, -0.1) is 0 Å². The predicted octanol–water partition coefficient (Wildman–Crippen LogP) is 4.84. The zero-order chi connectivity index (χ0) is 26.6. The zero-order valence-electron chi connectivity index (χ0n) is 21.7. The van der Waals surface area contributed by atoms with Gasteiger partial charge in [0.25, 0.3) is 11.8 Å². The lowest BCUT2D eigenvalue weighted by Gasteiger charge is -2.32. The molecule has 0 bridgehead atoms. The molecule has 0 unspecified atom stereocenters. The van der Waals surface area contributed by atoms with Crippen LogP contribution < -0.4 is 10.6 Å². The molecule has 2 aromatic carbocycles. The summed E-state index contributed by atoms with van der Waals surface area (Å²) in [7, 11) is 0. The van der Waals surface area contributed by atoms with Gasteiger partial charge in [0, 0.05) is 42.1 Å². The van der Waals surface area contributed by atoms with Gasteiger partial charge in [0.15, 0.2) is 0 Å². The smallest absolute Gasteiger partial charge is 0.257 e. The average Bonchev–Trinajstić information content (AvgIpc) is 3.27. The first kappa shape index (κ1) is 25.1. The van der Waals surface area contributed by atoms with Crippen LogP contribution in [0, 0.1) is 20.8 Å². The number of nitrogens with one attached hydrogen (secondary N) is 2. The van der Waals surface area contributed by atoms with Gasteiger partial charge in [-0.3, -0.25) is 9.59 Å². The Morgan fingerprint density at radius 3 is 2.32 bits per heavy atom. The summed E-state index contributed by atoms with van der Waals surface area (Å²) in [5, 5.41) is 10.1. The highest BCUT2D eigenvalue weighted by atomic mass is 16.5. The Bertz CT molecular complexity index is 1420. The van der Waals surface area contributed by atoms with E-state index in [1.54, 1.807) is 32.2 Å². The Labute approximate surface area is 221 Å². The van der Waals surface area contributed by atoms with Crippen LogP contribution in [0.2, 0.25) is 0 Å². The molecule has 0 spiro atoms. The number of likely N-dealkylation sites (tertiary alicyclic amines) is 1. The Balaban J connectivity index is 1.16. The lowest BCUT2D eigenvalue weighted by Crippen LogP contribution is -2.46. The fourth-order valence-electron chi connectivity index (χ4n) is 4.60. The first-order valence-electron chi connectivity index (χ1n) is 12.7. The van der Waals surface area contributed by atoms with Crippen LogP contribution in [0.4, 0.5) is 11.6 Å². The van der Waals surface area contributed by atoms with Crippen molar-refractivity contribution in [2.75, 3.05) is 18.4 Å². The maximum Gasteiger partial charge on any atom is 0.257 e. The van der Waals surface area contributed by atoms with Gasteiger partial charge in [-0.1, -0.05) is 35.0 Å². The number of amides is 2. The summed E-state index contributed by atoms with van der Waals surface area (Å²) in [6.45, 7) is 6.68. The molecule has 1 aliphatic heterocycles. The monoisotopic (exact) mass is 510 g/mol. The summed E-state index contributed by atoms with van der Waals surface area (Å²) in [6, 6.07) is 17.4. The van der Waals surface area contributed by atoms with Gasteiger partial charge in [0.05, 0.1) is 11.4 Å². The number of hydrogen-bond donors (Lipinski definition) is 2. The van der Waals surface area contributed by atoms with E-state index in [-0.39, 0.29) is 17.9 Å². The molecule has 9 nitrogen and oxygen atoms in total. The van der Waals surface area contributed by atoms with Crippen LogP contribution in [0.1, 0.15) is 50.6 Å². The Kier molecular flexibility index (Phi) is 7.17. The first-order valence-corrected chi connectivity index (χ1v) is 12.7. The SMILES string of the molecule is Cc1ccc(-c2ccnc(Nc3ccc(C(=O)N4CCC(NC(=O)c5c(C)noc5C)CC4)cc3)n2)cc1. The van der Waals surface area contributed by atoms with Crippen LogP contribution in [0.15, 0.2) is 65.3 Å². The number of piperidine rings is 1. The number of carbonyl (C=O) groups excluding carboxylic acids is 2. The summed E-state index contributed by atoms with van der Waals surface area (Å²) in [5.74, 6) is 0.797. The lowest BCUT2D eigenvalue weighted by atomic mass is 10.0. The van der Waals surface area contributed by atoms with E-state index in [9.17, 15) is 9.59 Å². The van der Waals surface area contributed by atoms with E-state index in [4.69, 9.17) is 4.52 Å². The molecule has 194 valence electrons. The third-order valence-electron chi connectivity index (χ3n) is 6.77. The molecule has 0 saturated carbocycles. The quantitative estimate of drug-likeness (QED) is 0.382. The summed E-state index contributed by atoms with van der Waals surface area (Å²) in [5.41, 5.74) is 5.53. The van der Waals surface area contributed by atoms with Crippen molar-refractivity contribution >= 4 is 23.5 Å². The van der Waals surface area contributed by atoms with Crippen LogP contribution in [0.3, 0.4) is 0 Å². The zero-order valence-corrected chi connectivity index (χ0v) is 21.7. The van der Waals surface area contributed by atoms with Gasteiger partial charge < -0.3 is 20.1 Å². The fraction of sp³-hybridized carbons (Fsp3) is 0.276. The molecule has 2 amide bonds. The molecule has 5 rings (SSSR count). The molecular formula is C29H30N6O3. The molecule has 1 saturated heterocycles. The number of rotatable bonds is 6. The second-order valence-electron chi connectivity index (χ2n) is 9.57. The van der Waals surface area contributed by atoms with Crippen LogP contribution in [0.25, 0.3) is 11.3 Å². The van der Waals surface area contributed by atoms with Gasteiger partial charge in [-0.05, 0) is 63.9 Å². The van der Waals surface area contributed by atoms with Gasteiger partial charge in [-0.2, -0.15) is 0 Å². The number of carbonyl (C=O) groups is 2. The van der Waals surface area contributed by atoms with Gasteiger partial charge in [0.2, 0.25) is 5.95 Å². The molecule has 2 aromatic heterocycles. The minimum Gasteiger partial charge on any atom is -0.361 e. The van der Waals surface area contributed by atoms with Crippen molar-refractivity contribution in [3.05, 3.63) is 88.9 Å². The molecule has 1 fully saturated rings. The van der Waals surface area contributed by atoms with E-state index in [1.807, 2.05) is 35.2 Å². The third kappa shape index (κ3) is 5.56. The number of aryl methyl sites for hydroxylation is 3. The van der Waals surface area contributed by atoms with Crippen molar-refractivity contribution in [2.45, 2.75) is 39.7 Å². The number of anilines is 2. The van der Waals surface area contributed by atoms with E-state index < -0.39 is 0 Å². The van der Waals surface area contributed by atoms with Crippen LogP contribution in [-0.2, 0) is 0 Å².